The van der Waals surface area contributed by atoms with Crippen LogP contribution in [0.15, 0.2) is 60.2 Å². The van der Waals surface area contributed by atoms with E-state index >= 15 is 0 Å². The Hall–Kier alpha value is -4.63. The van der Waals surface area contributed by atoms with Crippen LogP contribution in [0, 0.1) is 0 Å². The zero-order chi connectivity index (χ0) is 25.9. The number of hydrogen-bond acceptors (Lipinski definition) is 9. The van der Waals surface area contributed by atoms with Crippen molar-refractivity contribution >= 4 is 11.9 Å². The van der Waals surface area contributed by atoms with Crippen molar-refractivity contribution in [2.75, 3.05) is 0 Å². The molecular formula is C27H22O9. The van der Waals surface area contributed by atoms with Gasteiger partial charge < -0.3 is 40.9 Å². The van der Waals surface area contributed by atoms with Gasteiger partial charge in [-0.15, -0.1) is 0 Å². The first-order valence-corrected chi connectivity index (χ1v) is 11.0. The summed E-state index contributed by atoms with van der Waals surface area (Å²) in [6.07, 6.45) is 4.95. The molecule has 0 radical (unpaired) electrons. The Kier molecular flexibility index (Phi) is 5.11. The number of hydrogen-bond donors (Lipinski definition) is 8. The molecule has 0 aliphatic heterocycles. The molecule has 9 nitrogen and oxygen atoms in total. The predicted molar refractivity (Wildman–Crippen MR) is 127 cm³/mol. The molecule has 3 aromatic carbocycles. The number of allylic oxidation sites excluding steroid dienone is 2. The number of Topliss-reactive ketones (excluding diaryl/α,β-unsaturated/α-hetero) is 1. The van der Waals surface area contributed by atoms with Gasteiger partial charge in [0, 0.05) is 24.0 Å². The van der Waals surface area contributed by atoms with Gasteiger partial charge in [0.05, 0.1) is 5.56 Å². The van der Waals surface area contributed by atoms with E-state index in [0.717, 1.165) is 18.2 Å². The molecule has 8 N–H and O–H groups in total. The van der Waals surface area contributed by atoms with Crippen LogP contribution >= 0.6 is 0 Å². The lowest BCUT2D eigenvalue weighted by Gasteiger charge is -2.39. The maximum Gasteiger partial charge on any atom is 0.200 e. The molecule has 0 heterocycles. The summed E-state index contributed by atoms with van der Waals surface area (Å²) in [5.74, 6) is -5.95. The summed E-state index contributed by atoms with van der Waals surface area (Å²) in [7, 11) is 0. The SMILES string of the molecule is O=C1c2c(O)cc(O)cc2[C@@H]2CC(C=Cc3cc(O)cc(O)c3)=C[C@H](c3cc(O)c(O)c(O)c3)[C@@]12O. The summed E-state index contributed by atoms with van der Waals surface area (Å²) in [4.78, 5) is 13.5. The third-order valence-electron chi connectivity index (χ3n) is 6.79. The average Bonchev–Trinajstić information content (AvgIpc) is 3.01. The second-order valence-electron chi connectivity index (χ2n) is 9.08. The summed E-state index contributed by atoms with van der Waals surface area (Å²) >= 11 is 0. The van der Waals surface area contributed by atoms with Crippen molar-refractivity contribution in [2.24, 2.45) is 0 Å². The molecule has 3 aromatic rings. The molecule has 0 fully saturated rings. The molecule has 2 aliphatic carbocycles. The number of ketones is 1. The number of benzene rings is 3. The molecule has 0 bridgehead atoms. The van der Waals surface area contributed by atoms with Gasteiger partial charge in [-0.3, -0.25) is 4.79 Å². The van der Waals surface area contributed by atoms with Crippen LogP contribution in [-0.4, -0.2) is 52.2 Å². The number of phenolic OH excluding ortho intramolecular Hbond substituents is 7. The van der Waals surface area contributed by atoms with Gasteiger partial charge >= 0.3 is 0 Å². The molecule has 9 heteroatoms. The normalized spacial score (nSPS) is 22.9. The largest absolute Gasteiger partial charge is 0.508 e. The minimum absolute atomic E-state index is 0.117. The Balaban J connectivity index is 1.68. The molecule has 0 spiro atoms. The number of aliphatic hydroxyl groups is 1. The van der Waals surface area contributed by atoms with E-state index in [2.05, 4.69) is 0 Å². The zero-order valence-corrected chi connectivity index (χ0v) is 18.6. The summed E-state index contributed by atoms with van der Waals surface area (Å²) in [5, 5.41) is 81.8. The smallest absolute Gasteiger partial charge is 0.200 e. The monoisotopic (exact) mass is 490 g/mol. The maximum absolute atomic E-state index is 13.5. The van der Waals surface area contributed by atoms with E-state index in [0.29, 0.717) is 11.1 Å². The van der Waals surface area contributed by atoms with Crippen LogP contribution in [0.1, 0.15) is 45.3 Å². The van der Waals surface area contributed by atoms with Gasteiger partial charge in [-0.2, -0.15) is 0 Å². The Bertz CT molecular complexity index is 1440. The Morgan fingerprint density at radius 2 is 1.36 bits per heavy atom. The Morgan fingerprint density at radius 1 is 0.750 bits per heavy atom. The molecule has 0 saturated carbocycles. The van der Waals surface area contributed by atoms with E-state index in [1.54, 1.807) is 18.2 Å². The third kappa shape index (κ3) is 3.48. The van der Waals surface area contributed by atoms with Crippen molar-refractivity contribution in [1.82, 2.24) is 0 Å². The number of rotatable bonds is 3. The first-order valence-electron chi connectivity index (χ1n) is 11.0. The number of aromatic hydroxyl groups is 7. The van der Waals surface area contributed by atoms with Gasteiger partial charge in [0.15, 0.2) is 23.0 Å². The molecule has 2 aliphatic rings. The van der Waals surface area contributed by atoms with Crippen molar-refractivity contribution < 1.29 is 45.6 Å². The first kappa shape index (κ1) is 23.1. The van der Waals surface area contributed by atoms with Gasteiger partial charge in [0.1, 0.15) is 28.6 Å². The standard InChI is InChI=1S/C27H22O9/c28-15-3-12(4-16(29)9-15)1-2-13-5-19(14-7-22(32)25(34)23(33)8-14)27(36)20(6-13)18-10-17(30)11-21(31)24(18)26(27)35/h1-5,7-11,19-20,28-34,36H,6H2/t19-,20+,27+/m1/s1. The van der Waals surface area contributed by atoms with Crippen LogP contribution < -0.4 is 0 Å². The van der Waals surface area contributed by atoms with E-state index in [1.165, 1.54) is 24.3 Å². The van der Waals surface area contributed by atoms with Crippen molar-refractivity contribution in [1.29, 1.82) is 0 Å². The molecule has 5 rings (SSSR count). The first-order chi connectivity index (χ1) is 17.0. The van der Waals surface area contributed by atoms with E-state index in [1.807, 2.05) is 0 Å². The van der Waals surface area contributed by atoms with Crippen molar-refractivity contribution in [2.45, 2.75) is 23.9 Å². The summed E-state index contributed by atoms with van der Waals surface area (Å²) in [6, 6.07) is 8.59. The molecule has 184 valence electrons. The Morgan fingerprint density at radius 3 is 2.00 bits per heavy atom. The number of carbonyl (C=O) groups excluding carboxylic acids is 1. The number of carbonyl (C=O) groups is 1. The predicted octanol–water partition coefficient (Wildman–Crippen LogP) is 3.46. The fourth-order valence-electron chi connectivity index (χ4n) is 5.22. The molecule has 36 heavy (non-hydrogen) atoms. The highest BCUT2D eigenvalue weighted by atomic mass is 16.3. The fraction of sp³-hybridized carbons (Fsp3) is 0.148. The van der Waals surface area contributed by atoms with Gasteiger partial charge in [-0.05, 0) is 53.4 Å². The molecule has 0 amide bonds. The quantitative estimate of drug-likeness (QED) is 0.255. The maximum atomic E-state index is 13.5. The number of fused-ring (bicyclic) bond motifs is 3. The van der Waals surface area contributed by atoms with Crippen molar-refractivity contribution in [3.05, 3.63) is 82.4 Å². The Labute approximate surface area is 204 Å². The van der Waals surface area contributed by atoms with Crippen LogP contribution in [0.3, 0.4) is 0 Å². The van der Waals surface area contributed by atoms with Crippen LogP contribution in [0.25, 0.3) is 6.08 Å². The number of phenols is 7. The summed E-state index contributed by atoms with van der Waals surface area (Å²) in [5.41, 5.74) is -0.817. The second kappa shape index (κ2) is 7.96. The highest BCUT2D eigenvalue weighted by Crippen LogP contribution is 2.57. The van der Waals surface area contributed by atoms with E-state index in [4.69, 9.17) is 0 Å². The van der Waals surface area contributed by atoms with Gasteiger partial charge in [-0.25, -0.2) is 0 Å². The third-order valence-corrected chi connectivity index (χ3v) is 6.79. The minimum Gasteiger partial charge on any atom is -0.508 e. The summed E-state index contributed by atoms with van der Waals surface area (Å²) < 4.78 is 0. The van der Waals surface area contributed by atoms with E-state index in [9.17, 15) is 45.6 Å². The van der Waals surface area contributed by atoms with Gasteiger partial charge in [0.25, 0.3) is 0 Å². The molecule has 3 atom stereocenters. The van der Waals surface area contributed by atoms with Gasteiger partial charge in [-0.1, -0.05) is 23.8 Å². The average molecular weight is 490 g/mol. The zero-order valence-electron chi connectivity index (χ0n) is 18.6. The van der Waals surface area contributed by atoms with Crippen molar-refractivity contribution in [3.63, 3.8) is 0 Å². The summed E-state index contributed by atoms with van der Waals surface area (Å²) in [6.45, 7) is 0. The molecule has 0 aromatic heterocycles. The molecule has 0 saturated heterocycles. The fourth-order valence-corrected chi connectivity index (χ4v) is 5.22. The van der Waals surface area contributed by atoms with Gasteiger partial charge in [0.2, 0.25) is 0 Å². The second-order valence-corrected chi connectivity index (χ2v) is 9.08. The minimum atomic E-state index is -2.13. The lowest BCUT2D eigenvalue weighted by atomic mass is 9.67. The van der Waals surface area contributed by atoms with Crippen LogP contribution in [-0.2, 0) is 0 Å². The van der Waals surface area contributed by atoms with Crippen LogP contribution in [0.2, 0.25) is 0 Å². The highest BCUT2D eigenvalue weighted by Gasteiger charge is 2.59. The van der Waals surface area contributed by atoms with Crippen LogP contribution in [0.4, 0.5) is 0 Å². The van der Waals surface area contributed by atoms with E-state index in [-0.39, 0.29) is 40.4 Å². The topological polar surface area (TPSA) is 179 Å². The lowest BCUT2D eigenvalue weighted by molar-refractivity contribution is 0.0113. The molecule has 0 unspecified atom stereocenters. The van der Waals surface area contributed by atoms with E-state index < -0.39 is 46.2 Å². The lowest BCUT2D eigenvalue weighted by Crippen LogP contribution is -2.46. The molecular weight excluding hydrogens is 468 g/mol. The highest BCUT2D eigenvalue weighted by molar-refractivity contribution is 6.11. The van der Waals surface area contributed by atoms with Crippen molar-refractivity contribution in [3.8, 4) is 40.2 Å². The van der Waals surface area contributed by atoms with Crippen LogP contribution in [0.5, 0.6) is 40.2 Å².